The minimum Gasteiger partial charge on any atom is -0.299 e. The molecule has 5 heterocycles. The van der Waals surface area contributed by atoms with E-state index in [1.54, 1.807) is 6.20 Å². The smallest absolute Gasteiger partial charge is 0.199 e. The molecule has 198 valence electrons. The van der Waals surface area contributed by atoms with Crippen LogP contribution in [-0.2, 0) is 6.54 Å². The molecule has 1 saturated heterocycles. The lowest BCUT2D eigenvalue weighted by atomic mass is 9.95. The molecule has 0 spiro atoms. The van der Waals surface area contributed by atoms with Gasteiger partial charge in [0.1, 0.15) is 11.5 Å². The molecule has 2 aromatic carbocycles. The van der Waals surface area contributed by atoms with Gasteiger partial charge in [-0.25, -0.2) is 14.5 Å². The number of benzene rings is 2. The number of aromatic amines is 1. The molecule has 8 heteroatoms. The number of nitrogens with one attached hydrogen (secondary N) is 1. The number of piperidine rings is 1. The van der Waals surface area contributed by atoms with Crippen LogP contribution in [0.2, 0.25) is 0 Å². The minimum atomic E-state index is 0.396. The van der Waals surface area contributed by atoms with Gasteiger partial charge in [0.05, 0.1) is 11.9 Å². The molecule has 0 bridgehead atoms. The van der Waals surface area contributed by atoms with Crippen LogP contribution in [0.25, 0.3) is 39.5 Å². The first-order chi connectivity index (χ1) is 19.7. The fourth-order valence-corrected chi connectivity index (χ4v) is 5.53. The highest BCUT2D eigenvalue weighted by molar-refractivity contribution is 5.81. The second-order valence-electron chi connectivity index (χ2n) is 10.5. The van der Waals surface area contributed by atoms with Crippen LogP contribution in [0, 0.1) is 6.92 Å². The summed E-state index contributed by atoms with van der Waals surface area (Å²) in [4.78, 5) is 16.7. The number of likely N-dealkylation sites (tertiary alicyclic amines) is 1. The van der Waals surface area contributed by atoms with Crippen molar-refractivity contribution >= 4 is 5.65 Å². The average molecular weight is 527 g/mol. The maximum Gasteiger partial charge on any atom is 0.199 e. The average Bonchev–Trinajstić information content (AvgIpc) is 3.65. The zero-order valence-corrected chi connectivity index (χ0v) is 22.4. The van der Waals surface area contributed by atoms with Gasteiger partial charge in [-0.1, -0.05) is 60.7 Å². The van der Waals surface area contributed by atoms with Crippen LogP contribution in [0.4, 0.5) is 0 Å². The predicted molar refractivity (Wildman–Crippen MR) is 155 cm³/mol. The Morgan fingerprint density at radius 2 is 1.68 bits per heavy atom. The fraction of sp³-hybridized carbons (Fsp3) is 0.219. The summed E-state index contributed by atoms with van der Waals surface area (Å²) in [6.07, 6.45) is 7.85. The fourth-order valence-electron chi connectivity index (χ4n) is 5.53. The lowest BCUT2D eigenvalue weighted by Gasteiger charge is -2.31. The molecule has 1 N–H and O–H groups in total. The van der Waals surface area contributed by atoms with E-state index >= 15 is 0 Å². The van der Waals surface area contributed by atoms with Gasteiger partial charge in [0, 0.05) is 41.5 Å². The molecule has 0 atom stereocenters. The van der Waals surface area contributed by atoms with E-state index in [0.29, 0.717) is 11.7 Å². The molecule has 0 radical (unpaired) electrons. The lowest BCUT2D eigenvalue weighted by Crippen LogP contribution is -2.32. The highest BCUT2D eigenvalue weighted by Crippen LogP contribution is 2.32. The molecule has 0 unspecified atom stereocenters. The Hall–Kier alpha value is -4.69. The quantitative estimate of drug-likeness (QED) is 0.289. The number of fused-ring (bicyclic) bond motifs is 1. The summed E-state index contributed by atoms with van der Waals surface area (Å²) in [7, 11) is 0. The van der Waals surface area contributed by atoms with E-state index in [4.69, 9.17) is 9.97 Å². The SMILES string of the molecule is Cc1cnn2cc(-c3ccccc3)c(-c3ccc(CN4CCC(c5nc(-c6ccccn6)n[nH]5)CC4)cc3)nc12. The van der Waals surface area contributed by atoms with Crippen molar-refractivity contribution in [2.45, 2.75) is 32.2 Å². The Morgan fingerprint density at radius 1 is 0.875 bits per heavy atom. The molecule has 1 aliphatic heterocycles. The Morgan fingerprint density at radius 3 is 2.45 bits per heavy atom. The number of H-pyrrole nitrogens is 1. The second-order valence-corrected chi connectivity index (χ2v) is 10.5. The van der Waals surface area contributed by atoms with Crippen LogP contribution in [-0.4, -0.2) is 52.8 Å². The van der Waals surface area contributed by atoms with E-state index in [9.17, 15) is 0 Å². The van der Waals surface area contributed by atoms with E-state index in [-0.39, 0.29) is 0 Å². The summed E-state index contributed by atoms with van der Waals surface area (Å²) in [6.45, 7) is 5.05. The Bertz CT molecular complexity index is 1730. The highest BCUT2D eigenvalue weighted by atomic mass is 15.2. The van der Waals surface area contributed by atoms with Crippen LogP contribution < -0.4 is 0 Å². The van der Waals surface area contributed by atoms with Gasteiger partial charge in [0.15, 0.2) is 11.5 Å². The molecule has 4 aromatic heterocycles. The Labute approximate surface area is 232 Å². The summed E-state index contributed by atoms with van der Waals surface area (Å²) >= 11 is 0. The molecule has 0 aliphatic carbocycles. The zero-order valence-electron chi connectivity index (χ0n) is 22.4. The van der Waals surface area contributed by atoms with Crippen molar-refractivity contribution in [3.63, 3.8) is 0 Å². The van der Waals surface area contributed by atoms with E-state index in [1.807, 2.05) is 35.0 Å². The summed E-state index contributed by atoms with van der Waals surface area (Å²) in [5.74, 6) is 2.04. The first kappa shape index (κ1) is 24.4. The maximum atomic E-state index is 5.06. The van der Waals surface area contributed by atoms with E-state index in [2.05, 4.69) is 86.8 Å². The van der Waals surface area contributed by atoms with E-state index in [1.165, 1.54) is 5.56 Å². The number of rotatable bonds is 6. The van der Waals surface area contributed by atoms with Crippen LogP contribution in [0.1, 0.15) is 35.7 Å². The highest BCUT2D eigenvalue weighted by Gasteiger charge is 2.24. The summed E-state index contributed by atoms with van der Waals surface area (Å²) in [6, 6.07) is 25.1. The van der Waals surface area contributed by atoms with Gasteiger partial charge in [0.25, 0.3) is 0 Å². The van der Waals surface area contributed by atoms with Gasteiger partial charge in [-0.2, -0.15) is 10.2 Å². The lowest BCUT2D eigenvalue weighted by molar-refractivity contribution is 0.202. The molecule has 7 rings (SSSR count). The Balaban J connectivity index is 1.05. The van der Waals surface area contributed by atoms with Crippen LogP contribution >= 0.6 is 0 Å². The number of nitrogens with zero attached hydrogens (tertiary/aromatic N) is 7. The van der Waals surface area contributed by atoms with Gasteiger partial charge in [-0.15, -0.1) is 0 Å². The number of hydrogen-bond acceptors (Lipinski definition) is 6. The topological polar surface area (TPSA) is 87.9 Å². The monoisotopic (exact) mass is 526 g/mol. The molecular formula is C32H30N8. The molecule has 0 saturated carbocycles. The van der Waals surface area contributed by atoms with Crippen molar-refractivity contribution in [1.82, 2.24) is 39.7 Å². The normalized spacial score (nSPS) is 14.6. The van der Waals surface area contributed by atoms with Gasteiger partial charge in [0.2, 0.25) is 0 Å². The number of hydrogen-bond donors (Lipinski definition) is 1. The van der Waals surface area contributed by atoms with Gasteiger partial charge in [-0.3, -0.25) is 15.0 Å². The first-order valence-corrected chi connectivity index (χ1v) is 13.8. The van der Waals surface area contributed by atoms with Crippen molar-refractivity contribution in [2.75, 3.05) is 13.1 Å². The zero-order chi connectivity index (χ0) is 26.9. The van der Waals surface area contributed by atoms with Crippen molar-refractivity contribution < 1.29 is 0 Å². The largest absolute Gasteiger partial charge is 0.299 e. The summed E-state index contributed by atoms with van der Waals surface area (Å²) in [5, 5.41) is 12.1. The van der Waals surface area contributed by atoms with Crippen molar-refractivity contribution in [3.05, 3.63) is 108 Å². The molecule has 0 amide bonds. The second kappa shape index (κ2) is 10.5. The first-order valence-electron chi connectivity index (χ1n) is 13.8. The van der Waals surface area contributed by atoms with Crippen LogP contribution in [0.5, 0.6) is 0 Å². The number of pyridine rings is 1. The predicted octanol–water partition coefficient (Wildman–Crippen LogP) is 5.93. The molecule has 8 nitrogen and oxygen atoms in total. The molecule has 1 aliphatic rings. The molecular weight excluding hydrogens is 496 g/mol. The standard InChI is InChI=1S/C32H30N8/c1-22-19-34-40-21-27(24-7-3-2-4-8-24)29(35-32(22)40)25-12-10-23(11-13-25)20-39-17-14-26(15-18-39)30-36-31(38-37-30)28-9-5-6-16-33-28/h2-13,16,19,21,26H,14-15,17-18,20H2,1H3,(H,36,37,38). The van der Waals surface area contributed by atoms with Crippen LogP contribution in [0.3, 0.4) is 0 Å². The number of aromatic nitrogens is 7. The van der Waals surface area contributed by atoms with E-state index < -0.39 is 0 Å². The third-order valence-corrected chi connectivity index (χ3v) is 7.76. The summed E-state index contributed by atoms with van der Waals surface area (Å²) < 4.78 is 1.87. The van der Waals surface area contributed by atoms with Crippen molar-refractivity contribution in [2.24, 2.45) is 0 Å². The summed E-state index contributed by atoms with van der Waals surface area (Å²) in [5.41, 5.74) is 8.36. The van der Waals surface area contributed by atoms with Crippen LogP contribution in [0.15, 0.2) is 91.4 Å². The minimum absolute atomic E-state index is 0.396. The third-order valence-electron chi connectivity index (χ3n) is 7.76. The van der Waals surface area contributed by atoms with Gasteiger partial charge >= 0.3 is 0 Å². The Kier molecular flexibility index (Phi) is 6.37. The van der Waals surface area contributed by atoms with Gasteiger partial charge < -0.3 is 0 Å². The molecule has 6 aromatic rings. The van der Waals surface area contributed by atoms with Gasteiger partial charge in [-0.05, 0) is 56.1 Å². The molecule has 1 fully saturated rings. The number of aryl methyl sites for hydroxylation is 1. The third kappa shape index (κ3) is 4.78. The maximum absolute atomic E-state index is 5.06. The van der Waals surface area contributed by atoms with Crippen molar-refractivity contribution in [3.8, 4) is 33.9 Å². The van der Waals surface area contributed by atoms with Crippen molar-refractivity contribution in [1.29, 1.82) is 0 Å². The molecule has 40 heavy (non-hydrogen) atoms. The van der Waals surface area contributed by atoms with E-state index in [0.717, 1.165) is 77.6 Å².